The molecular formula is C51H47N3W. The fraction of sp³-hybridized carbons (Fsp3) is 0.118. The summed E-state index contributed by atoms with van der Waals surface area (Å²) in [5.74, 6) is 0. The Morgan fingerprint density at radius 3 is 1.80 bits per heavy atom. The summed E-state index contributed by atoms with van der Waals surface area (Å²) in [7, 11) is 0. The Hall–Kier alpha value is -5.63. The SMILES string of the molecule is C=N.Cc1ccccc1-c1c(C)ccc2c1c1c3c(ccc1n2-c1ccccc1)-c1ccccc1C3(C)C.[C-](=NCc1ccccc1)c1ccccc1.[CH3-].[W+2]. The van der Waals surface area contributed by atoms with Gasteiger partial charge in [-0.3, -0.25) is 0 Å². The number of aromatic nitrogens is 1. The van der Waals surface area contributed by atoms with Crippen molar-refractivity contribution < 1.29 is 21.1 Å². The second-order valence-corrected chi connectivity index (χ2v) is 14.0. The van der Waals surface area contributed by atoms with Gasteiger partial charge in [-0.2, -0.15) is 17.7 Å². The van der Waals surface area contributed by atoms with Gasteiger partial charge in [-0.15, -0.1) is 12.1 Å². The second-order valence-electron chi connectivity index (χ2n) is 14.0. The van der Waals surface area contributed by atoms with Crippen molar-refractivity contribution in [3.8, 4) is 27.9 Å². The van der Waals surface area contributed by atoms with Gasteiger partial charge >= 0.3 is 21.1 Å². The molecule has 0 amide bonds. The molecule has 3 nitrogen and oxygen atoms in total. The number of fused-ring (bicyclic) bond motifs is 7. The van der Waals surface area contributed by atoms with Gasteiger partial charge in [-0.05, 0) is 94.9 Å². The van der Waals surface area contributed by atoms with Crippen LogP contribution in [0.4, 0.5) is 0 Å². The molecule has 0 radical (unpaired) electrons. The van der Waals surface area contributed by atoms with Crippen molar-refractivity contribution in [3.63, 3.8) is 0 Å². The summed E-state index contributed by atoms with van der Waals surface area (Å²) in [6.45, 7) is 12.5. The number of aliphatic imine (C=N–C) groups is 1. The number of benzene rings is 7. The van der Waals surface area contributed by atoms with Crippen LogP contribution in [0.3, 0.4) is 0 Å². The van der Waals surface area contributed by atoms with Gasteiger partial charge in [0.25, 0.3) is 0 Å². The molecule has 8 aromatic rings. The predicted molar refractivity (Wildman–Crippen MR) is 233 cm³/mol. The Kier molecular flexibility index (Phi) is 13.0. The summed E-state index contributed by atoms with van der Waals surface area (Å²) in [5.41, 5.74) is 16.8. The maximum atomic E-state index is 5.50. The van der Waals surface area contributed by atoms with Gasteiger partial charge in [-0.25, -0.2) is 0 Å². The molecule has 0 saturated heterocycles. The molecule has 1 aliphatic carbocycles. The predicted octanol–water partition coefficient (Wildman–Crippen LogP) is 13.3. The van der Waals surface area contributed by atoms with Crippen molar-refractivity contribution in [2.45, 2.75) is 39.7 Å². The Morgan fingerprint density at radius 1 is 0.582 bits per heavy atom. The van der Waals surface area contributed by atoms with Crippen LogP contribution in [-0.2, 0) is 33.0 Å². The summed E-state index contributed by atoms with van der Waals surface area (Å²) in [6, 6.07) is 58.0. The smallest absolute Gasteiger partial charge is 0.358 e. The van der Waals surface area contributed by atoms with Crippen LogP contribution in [0.15, 0.2) is 169 Å². The van der Waals surface area contributed by atoms with Crippen LogP contribution in [0.5, 0.6) is 0 Å². The first-order chi connectivity index (χ1) is 25.9. The van der Waals surface area contributed by atoms with E-state index in [0.29, 0.717) is 6.54 Å². The van der Waals surface area contributed by atoms with Crippen LogP contribution in [0.1, 0.15) is 47.2 Å². The number of nitrogens with one attached hydrogen (secondary N) is 1. The molecule has 1 aromatic heterocycles. The third kappa shape index (κ3) is 7.68. The summed E-state index contributed by atoms with van der Waals surface area (Å²) >= 11 is 0. The molecule has 272 valence electrons. The molecule has 0 aliphatic heterocycles. The van der Waals surface area contributed by atoms with Gasteiger partial charge in [0.2, 0.25) is 0 Å². The zero-order valence-electron chi connectivity index (χ0n) is 32.3. The van der Waals surface area contributed by atoms with Crippen molar-refractivity contribution in [2.24, 2.45) is 4.99 Å². The normalized spacial score (nSPS) is 12.0. The van der Waals surface area contributed by atoms with Crippen molar-refractivity contribution in [3.05, 3.63) is 205 Å². The molecule has 0 saturated carbocycles. The maximum absolute atomic E-state index is 5.50. The molecule has 55 heavy (non-hydrogen) atoms. The molecule has 1 aliphatic rings. The average Bonchev–Trinajstić information content (AvgIpc) is 3.66. The average molecular weight is 886 g/mol. The maximum Gasteiger partial charge on any atom is 2.00 e. The van der Waals surface area contributed by atoms with E-state index in [2.05, 4.69) is 165 Å². The monoisotopic (exact) mass is 885 g/mol. The fourth-order valence-electron chi connectivity index (χ4n) is 7.94. The zero-order valence-corrected chi connectivity index (χ0v) is 35.2. The van der Waals surface area contributed by atoms with E-state index < -0.39 is 0 Å². The minimum atomic E-state index is -0.0893. The molecule has 0 bridgehead atoms. The van der Waals surface area contributed by atoms with Crippen LogP contribution in [0.25, 0.3) is 49.7 Å². The second kappa shape index (κ2) is 17.7. The van der Waals surface area contributed by atoms with Crippen molar-refractivity contribution in [2.75, 3.05) is 0 Å². The quantitative estimate of drug-likeness (QED) is 0.132. The summed E-state index contributed by atoms with van der Waals surface area (Å²) in [4.78, 5) is 4.26. The van der Waals surface area contributed by atoms with Crippen molar-refractivity contribution in [1.82, 2.24) is 4.57 Å². The zero-order chi connectivity index (χ0) is 37.0. The minimum absolute atomic E-state index is 0. The molecule has 0 unspecified atom stereocenters. The van der Waals surface area contributed by atoms with E-state index in [1.165, 1.54) is 77.6 Å². The van der Waals surface area contributed by atoms with Crippen LogP contribution in [0, 0.1) is 26.7 Å². The van der Waals surface area contributed by atoms with E-state index in [1.54, 1.807) is 0 Å². The van der Waals surface area contributed by atoms with Crippen molar-refractivity contribution in [1.29, 1.82) is 5.41 Å². The van der Waals surface area contributed by atoms with Crippen LogP contribution in [-0.4, -0.2) is 17.5 Å². The van der Waals surface area contributed by atoms with E-state index >= 15 is 0 Å². The topological polar surface area (TPSA) is 41.1 Å². The Balaban J connectivity index is 0.000000259. The molecular weight excluding hydrogens is 838 g/mol. The van der Waals surface area contributed by atoms with Crippen LogP contribution in [0.2, 0.25) is 0 Å². The van der Waals surface area contributed by atoms with Crippen LogP contribution >= 0.6 is 0 Å². The number of rotatable bonds is 5. The first kappa shape index (κ1) is 40.6. The minimum Gasteiger partial charge on any atom is -0.358 e. The largest absolute Gasteiger partial charge is 2.00 e. The van der Waals surface area contributed by atoms with Gasteiger partial charge in [0.1, 0.15) is 0 Å². The van der Waals surface area contributed by atoms with E-state index in [4.69, 9.17) is 5.41 Å². The van der Waals surface area contributed by atoms with E-state index in [0.717, 1.165) is 5.56 Å². The van der Waals surface area contributed by atoms with E-state index in [9.17, 15) is 0 Å². The molecule has 4 heteroatoms. The molecule has 0 fully saturated rings. The molecule has 0 atom stereocenters. The first-order valence-corrected chi connectivity index (χ1v) is 18.1. The Morgan fingerprint density at radius 2 is 1.13 bits per heavy atom. The summed E-state index contributed by atoms with van der Waals surface area (Å²) < 4.78 is 2.46. The molecule has 1 heterocycles. The van der Waals surface area contributed by atoms with E-state index in [-0.39, 0.29) is 33.9 Å². The molecule has 1 N–H and O–H groups in total. The molecule has 0 spiro atoms. The number of para-hydroxylation sites is 1. The van der Waals surface area contributed by atoms with Gasteiger partial charge in [0.05, 0.1) is 11.0 Å². The number of aryl methyl sites for hydroxylation is 2. The van der Waals surface area contributed by atoms with Crippen molar-refractivity contribution >= 4 is 34.7 Å². The van der Waals surface area contributed by atoms with Gasteiger partial charge in [0, 0.05) is 28.4 Å². The van der Waals surface area contributed by atoms with E-state index in [1.807, 2.05) is 48.5 Å². The van der Waals surface area contributed by atoms with Crippen LogP contribution < -0.4 is 0 Å². The van der Waals surface area contributed by atoms with Gasteiger partial charge < -0.3 is 22.4 Å². The Bertz CT molecular complexity index is 2550. The van der Waals surface area contributed by atoms with Gasteiger partial charge in [-0.1, -0.05) is 135 Å². The fourth-order valence-corrected chi connectivity index (χ4v) is 7.94. The number of hydrogen-bond donors (Lipinski definition) is 1. The first-order valence-electron chi connectivity index (χ1n) is 18.1. The standard InChI is InChI=1S/C35H29N.C14H12N.CH3N.CH3.W/c1-22-12-8-9-15-25(22)31-23(2)18-20-29-32(31)33-30(36(29)24-13-6-5-7-14-24)21-19-27-26-16-10-11-17-28(26)35(3,4)34(27)33;1-3-7-13(8-4-1)11-15-12-14-9-5-2-6-10-14;1-2;;/h5-21H,1-4H3;1-10H,11H2;2H,1H2;1H3;/q;-1;;-1;+2. The number of nitrogens with zero attached hydrogens (tertiary/aromatic N) is 2. The molecule has 7 aromatic carbocycles. The summed E-state index contributed by atoms with van der Waals surface area (Å²) in [5, 5.41) is 8.25. The Labute approximate surface area is 341 Å². The third-order valence-electron chi connectivity index (χ3n) is 10.3. The number of hydrogen-bond acceptors (Lipinski definition) is 2. The molecule has 9 rings (SSSR count). The van der Waals surface area contributed by atoms with Gasteiger partial charge in [0.15, 0.2) is 0 Å². The third-order valence-corrected chi connectivity index (χ3v) is 10.3. The summed E-state index contributed by atoms with van der Waals surface area (Å²) in [6.07, 6.45) is 3.02.